The van der Waals surface area contributed by atoms with Crippen LogP contribution >= 0.6 is 0 Å². The van der Waals surface area contributed by atoms with Crippen molar-refractivity contribution < 1.29 is 14.3 Å². The number of nitrogens with zero attached hydrogens (tertiary/aromatic N) is 3. The fraction of sp³-hybridized carbons (Fsp3) is 0.333. The average molecular weight is 340 g/mol. The highest BCUT2D eigenvalue weighted by molar-refractivity contribution is 5.98. The number of carbonyl (C=O) groups excluding carboxylic acids is 2. The summed E-state index contributed by atoms with van der Waals surface area (Å²) in [5, 5.41) is 2.74. The number of benzene rings is 1. The van der Waals surface area contributed by atoms with Gasteiger partial charge in [0.2, 0.25) is 17.7 Å². The maximum atomic E-state index is 12.6. The molecule has 0 spiro atoms. The van der Waals surface area contributed by atoms with E-state index in [2.05, 4.69) is 15.3 Å². The first-order chi connectivity index (χ1) is 12.1. The van der Waals surface area contributed by atoms with E-state index >= 15 is 0 Å². The van der Waals surface area contributed by atoms with Gasteiger partial charge in [-0.2, -0.15) is 0 Å². The molecule has 1 saturated heterocycles. The molecule has 0 bridgehead atoms. The minimum absolute atomic E-state index is 0.0130. The topological polar surface area (TPSA) is 84.4 Å². The molecule has 1 N–H and O–H groups in total. The second kappa shape index (κ2) is 7.29. The molecule has 0 radical (unpaired) electrons. The number of hydrogen-bond acceptors (Lipinski definition) is 5. The molecule has 7 nitrogen and oxygen atoms in total. The van der Waals surface area contributed by atoms with Gasteiger partial charge in [0, 0.05) is 19.0 Å². The molecule has 0 saturated carbocycles. The summed E-state index contributed by atoms with van der Waals surface area (Å²) < 4.78 is 5.02. The number of ether oxygens (including phenoxy) is 1. The van der Waals surface area contributed by atoms with Crippen molar-refractivity contribution in [3.8, 4) is 5.88 Å². The lowest BCUT2D eigenvalue weighted by Crippen LogP contribution is -2.41. The first kappa shape index (κ1) is 16.9. The molecule has 0 aliphatic carbocycles. The number of carbonyl (C=O) groups is 2. The summed E-state index contributed by atoms with van der Waals surface area (Å²) in [6, 6.07) is 8.99. The molecule has 2 aromatic rings. The zero-order valence-electron chi connectivity index (χ0n) is 14.2. The molecule has 1 aliphatic rings. The molecule has 1 atom stereocenters. The lowest BCUT2D eigenvalue weighted by atomic mass is 10.1. The molecule has 2 amide bonds. The minimum atomic E-state index is -0.505. The average Bonchev–Trinajstić information content (AvgIpc) is 2.98. The van der Waals surface area contributed by atoms with Crippen LogP contribution in [0.15, 0.2) is 36.7 Å². The van der Waals surface area contributed by atoms with Crippen LogP contribution in [-0.4, -0.2) is 39.8 Å². The predicted molar refractivity (Wildman–Crippen MR) is 92.0 cm³/mol. The maximum Gasteiger partial charge on any atom is 0.248 e. The number of aromatic nitrogens is 2. The number of methoxy groups -OCH3 is 1. The largest absolute Gasteiger partial charge is 0.481 e. The van der Waals surface area contributed by atoms with Crippen LogP contribution in [0.1, 0.15) is 24.0 Å². The Kier molecular flexibility index (Phi) is 4.92. The molecule has 1 aromatic carbocycles. The van der Waals surface area contributed by atoms with Crippen molar-refractivity contribution in [1.29, 1.82) is 0 Å². The molecular formula is C18H20N4O3. The van der Waals surface area contributed by atoms with Gasteiger partial charge in [0.1, 0.15) is 18.2 Å². The van der Waals surface area contributed by atoms with Gasteiger partial charge in [-0.25, -0.2) is 9.97 Å². The molecule has 1 aromatic heterocycles. The monoisotopic (exact) mass is 340 g/mol. The molecule has 130 valence electrons. The summed E-state index contributed by atoms with van der Waals surface area (Å²) in [6.45, 7) is 2.43. The van der Waals surface area contributed by atoms with E-state index in [0.29, 0.717) is 31.1 Å². The number of anilines is 1. The standard InChI is InChI=1S/C18H20N4O3/c1-12-3-5-13(6-4-12)10-22-14(7-8-17(22)23)18(24)21-15-9-16(25-2)20-11-19-15/h3-6,9,11,14H,7-8,10H2,1-2H3,(H,19,20,21,24)/t14-/m1/s1. The molecule has 25 heavy (non-hydrogen) atoms. The van der Waals surface area contributed by atoms with Crippen molar-refractivity contribution in [2.24, 2.45) is 0 Å². The third-order valence-electron chi connectivity index (χ3n) is 4.21. The Bertz CT molecular complexity index is 776. The number of likely N-dealkylation sites (tertiary alicyclic amines) is 1. The van der Waals surface area contributed by atoms with Crippen molar-refractivity contribution in [2.75, 3.05) is 12.4 Å². The highest BCUT2D eigenvalue weighted by Gasteiger charge is 2.36. The Balaban J connectivity index is 1.71. The SMILES string of the molecule is COc1cc(NC(=O)[C@H]2CCC(=O)N2Cc2ccc(C)cc2)ncn1. The zero-order chi connectivity index (χ0) is 17.8. The molecular weight excluding hydrogens is 320 g/mol. The van der Waals surface area contributed by atoms with Gasteiger partial charge in [-0.1, -0.05) is 29.8 Å². The van der Waals surface area contributed by atoms with Crippen LogP contribution in [0.4, 0.5) is 5.82 Å². The third kappa shape index (κ3) is 3.93. The second-order valence-electron chi connectivity index (χ2n) is 6.00. The summed E-state index contributed by atoms with van der Waals surface area (Å²) >= 11 is 0. The van der Waals surface area contributed by atoms with Gasteiger partial charge in [-0.15, -0.1) is 0 Å². The quantitative estimate of drug-likeness (QED) is 0.899. The van der Waals surface area contributed by atoms with E-state index in [-0.39, 0.29) is 11.8 Å². The summed E-state index contributed by atoms with van der Waals surface area (Å²) in [6.07, 6.45) is 2.19. The fourth-order valence-corrected chi connectivity index (χ4v) is 2.82. The van der Waals surface area contributed by atoms with Gasteiger partial charge in [0.25, 0.3) is 0 Å². The zero-order valence-corrected chi connectivity index (χ0v) is 14.2. The van der Waals surface area contributed by atoms with E-state index < -0.39 is 6.04 Å². The van der Waals surface area contributed by atoms with E-state index in [1.807, 2.05) is 31.2 Å². The Labute approximate surface area is 146 Å². The highest BCUT2D eigenvalue weighted by atomic mass is 16.5. The Hall–Kier alpha value is -2.96. The number of rotatable bonds is 5. The molecule has 2 heterocycles. The highest BCUT2D eigenvalue weighted by Crippen LogP contribution is 2.23. The van der Waals surface area contributed by atoms with E-state index in [4.69, 9.17) is 4.74 Å². The van der Waals surface area contributed by atoms with Gasteiger partial charge in [-0.05, 0) is 18.9 Å². The lowest BCUT2D eigenvalue weighted by Gasteiger charge is -2.24. The Morgan fingerprint density at radius 3 is 2.80 bits per heavy atom. The molecule has 1 fully saturated rings. The van der Waals surface area contributed by atoms with Crippen LogP contribution in [0.3, 0.4) is 0 Å². The summed E-state index contributed by atoms with van der Waals surface area (Å²) in [5.74, 6) is 0.454. The smallest absolute Gasteiger partial charge is 0.248 e. The number of nitrogens with one attached hydrogen (secondary N) is 1. The van der Waals surface area contributed by atoms with Crippen molar-refractivity contribution >= 4 is 17.6 Å². The van der Waals surface area contributed by atoms with Crippen molar-refractivity contribution in [3.63, 3.8) is 0 Å². The van der Waals surface area contributed by atoms with E-state index in [1.54, 1.807) is 11.0 Å². The number of aryl methyl sites for hydroxylation is 1. The van der Waals surface area contributed by atoms with Gasteiger partial charge < -0.3 is 15.0 Å². The van der Waals surface area contributed by atoms with E-state index in [9.17, 15) is 9.59 Å². The fourth-order valence-electron chi connectivity index (χ4n) is 2.82. The van der Waals surface area contributed by atoms with Crippen molar-refractivity contribution in [3.05, 3.63) is 47.8 Å². The van der Waals surface area contributed by atoms with E-state index in [0.717, 1.165) is 11.1 Å². The summed E-state index contributed by atoms with van der Waals surface area (Å²) in [5.41, 5.74) is 2.16. The molecule has 0 unspecified atom stereocenters. The molecule has 1 aliphatic heterocycles. The van der Waals surface area contributed by atoms with Crippen molar-refractivity contribution in [1.82, 2.24) is 14.9 Å². The van der Waals surface area contributed by atoms with Gasteiger partial charge >= 0.3 is 0 Å². The summed E-state index contributed by atoms with van der Waals surface area (Å²) in [7, 11) is 1.49. The Morgan fingerprint density at radius 2 is 2.08 bits per heavy atom. The van der Waals surface area contributed by atoms with Gasteiger partial charge in [-0.3, -0.25) is 9.59 Å². The first-order valence-corrected chi connectivity index (χ1v) is 8.09. The normalized spacial score (nSPS) is 16.8. The van der Waals surface area contributed by atoms with Crippen LogP contribution in [0.5, 0.6) is 5.88 Å². The lowest BCUT2D eigenvalue weighted by molar-refractivity contribution is -0.133. The van der Waals surface area contributed by atoms with Crippen LogP contribution in [0.2, 0.25) is 0 Å². The van der Waals surface area contributed by atoms with Crippen LogP contribution < -0.4 is 10.1 Å². The number of hydrogen-bond donors (Lipinski definition) is 1. The van der Waals surface area contributed by atoms with Gasteiger partial charge in [0.15, 0.2) is 0 Å². The van der Waals surface area contributed by atoms with Crippen molar-refractivity contribution in [2.45, 2.75) is 32.4 Å². The van der Waals surface area contributed by atoms with Crippen LogP contribution in [0.25, 0.3) is 0 Å². The number of amides is 2. The third-order valence-corrected chi connectivity index (χ3v) is 4.21. The predicted octanol–water partition coefficient (Wildman–Crippen LogP) is 1.92. The second-order valence-corrected chi connectivity index (χ2v) is 6.00. The maximum absolute atomic E-state index is 12.6. The summed E-state index contributed by atoms with van der Waals surface area (Å²) in [4.78, 5) is 34.4. The first-order valence-electron chi connectivity index (χ1n) is 8.09. The van der Waals surface area contributed by atoms with Crippen LogP contribution in [0, 0.1) is 6.92 Å². The minimum Gasteiger partial charge on any atom is -0.481 e. The van der Waals surface area contributed by atoms with Gasteiger partial charge in [0.05, 0.1) is 7.11 Å². The Morgan fingerprint density at radius 1 is 1.32 bits per heavy atom. The molecule has 7 heteroatoms. The van der Waals surface area contributed by atoms with E-state index in [1.165, 1.54) is 13.4 Å². The van der Waals surface area contributed by atoms with Crippen LogP contribution in [-0.2, 0) is 16.1 Å². The molecule has 3 rings (SSSR count).